The summed E-state index contributed by atoms with van der Waals surface area (Å²) in [7, 11) is 0. The Morgan fingerprint density at radius 2 is 1.50 bits per heavy atom. The summed E-state index contributed by atoms with van der Waals surface area (Å²) in [5.41, 5.74) is 4.40. The number of para-hydroxylation sites is 2. The van der Waals surface area contributed by atoms with Crippen molar-refractivity contribution in [3.05, 3.63) is 115 Å². The summed E-state index contributed by atoms with van der Waals surface area (Å²) in [5.74, 6) is 0.102. The molecule has 5 rings (SSSR count). The molecular weight excluding hydrogens is 444 g/mol. The highest BCUT2D eigenvalue weighted by molar-refractivity contribution is 7.98. The Morgan fingerprint density at radius 3 is 2.26 bits per heavy atom. The van der Waals surface area contributed by atoms with Crippen molar-refractivity contribution in [2.45, 2.75) is 10.9 Å². The predicted molar refractivity (Wildman–Crippen MR) is 133 cm³/mol. The maximum absolute atomic E-state index is 13.4. The van der Waals surface area contributed by atoms with Crippen LogP contribution in [-0.4, -0.2) is 30.9 Å². The van der Waals surface area contributed by atoms with Gasteiger partial charge in [-0.15, -0.1) is 5.10 Å². The highest BCUT2D eigenvalue weighted by Crippen LogP contribution is 2.29. The highest BCUT2D eigenvalue weighted by atomic mass is 32.2. The normalized spacial score (nSPS) is 10.7. The van der Waals surface area contributed by atoms with Gasteiger partial charge in [0, 0.05) is 29.4 Å². The van der Waals surface area contributed by atoms with Gasteiger partial charge in [0.05, 0.1) is 11.4 Å². The molecule has 2 aromatic heterocycles. The Balaban J connectivity index is 1.48. The van der Waals surface area contributed by atoms with E-state index in [1.54, 1.807) is 23.1 Å². The second-order valence-corrected chi connectivity index (χ2v) is 8.26. The zero-order valence-electron chi connectivity index (χ0n) is 18.1. The monoisotopic (exact) mass is 464 g/mol. The van der Waals surface area contributed by atoms with Gasteiger partial charge in [-0.05, 0) is 29.8 Å². The van der Waals surface area contributed by atoms with Gasteiger partial charge in [-0.2, -0.15) is 0 Å². The van der Waals surface area contributed by atoms with Crippen molar-refractivity contribution in [2.24, 2.45) is 0 Å². The summed E-state index contributed by atoms with van der Waals surface area (Å²) in [6.07, 6.45) is 3.38. The molecule has 0 fully saturated rings. The first-order valence-electron chi connectivity index (χ1n) is 10.7. The fourth-order valence-corrected chi connectivity index (χ4v) is 4.32. The summed E-state index contributed by atoms with van der Waals surface area (Å²) in [5, 5.41) is 12.2. The Bertz CT molecular complexity index is 1390. The number of thioether (sulfide) groups is 1. The maximum Gasteiger partial charge on any atom is 0.278 e. The van der Waals surface area contributed by atoms with Crippen molar-refractivity contribution in [3.63, 3.8) is 0 Å². The molecule has 0 spiro atoms. The van der Waals surface area contributed by atoms with Crippen molar-refractivity contribution >= 4 is 23.4 Å². The standard InChI is InChI=1S/C26H20N6OS/c33-25(29-22-15-8-7-14-21(22)19-10-3-1-4-11-19)24-23(18-34-26-27-16-9-17-28-26)32(31-30-24)20-12-5-2-6-13-20/h1-17H,18H2,(H,29,33). The first-order valence-corrected chi connectivity index (χ1v) is 11.6. The van der Waals surface area contributed by atoms with Crippen LogP contribution < -0.4 is 5.32 Å². The molecule has 0 bridgehead atoms. The lowest BCUT2D eigenvalue weighted by atomic mass is 10.0. The first-order chi connectivity index (χ1) is 16.8. The molecule has 34 heavy (non-hydrogen) atoms. The van der Waals surface area contributed by atoms with E-state index < -0.39 is 0 Å². The Morgan fingerprint density at radius 1 is 0.824 bits per heavy atom. The van der Waals surface area contributed by atoms with Crippen molar-refractivity contribution in [3.8, 4) is 16.8 Å². The minimum atomic E-state index is -0.324. The SMILES string of the molecule is O=C(Nc1ccccc1-c1ccccc1)c1nnn(-c2ccccc2)c1CSc1ncccn1. The number of aromatic nitrogens is 5. The Labute approximate surface area is 200 Å². The quantitative estimate of drug-likeness (QED) is 0.261. The molecular formula is C26H20N6OS. The molecule has 1 N–H and O–H groups in total. The topological polar surface area (TPSA) is 85.6 Å². The lowest BCUT2D eigenvalue weighted by Crippen LogP contribution is -2.16. The van der Waals surface area contributed by atoms with E-state index >= 15 is 0 Å². The molecule has 0 unspecified atom stereocenters. The lowest BCUT2D eigenvalue weighted by molar-refractivity contribution is 0.102. The number of anilines is 1. The second kappa shape index (κ2) is 10.1. The third-order valence-corrected chi connectivity index (χ3v) is 6.01. The van der Waals surface area contributed by atoms with Gasteiger partial charge in [-0.3, -0.25) is 4.79 Å². The number of rotatable bonds is 7. The van der Waals surface area contributed by atoms with Crippen LogP contribution in [0.3, 0.4) is 0 Å². The van der Waals surface area contributed by atoms with E-state index in [2.05, 4.69) is 25.6 Å². The van der Waals surface area contributed by atoms with E-state index in [4.69, 9.17) is 0 Å². The van der Waals surface area contributed by atoms with Crippen LogP contribution in [0.2, 0.25) is 0 Å². The number of hydrogen-bond donors (Lipinski definition) is 1. The summed E-state index contributed by atoms with van der Waals surface area (Å²) in [6, 6.07) is 29.0. The Kier molecular flexibility index (Phi) is 6.40. The Hall–Kier alpha value is -4.30. The number of benzene rings is 3. The van der Waals surface area contributed by atoms with E-state index in [0.29, 0.717) is 22.3 Å². The molecule has 3 aromatic carbocycles. The number of hydrogen-bond acceptors (Lipinski definition) is 6. The first kappa shape index (κ1) is 21.5. The third kappa shape index (κ3) is 4.72. The highest BCUT2D eigenvalue weighted by Gasteiger charge is 2.22. The number of carbonyl (C=O) groups is 1. The van der Waals surface area contributed by atoms with Gasteiger partial charge < -0.3 is 5.32 Å². The van der Waals surface area contributed by atoms with Gasteiger partial charge in [0.25, 0.3) is 5.91 Å². The second-order valence-electron chi connectivity index (χ2n) is 7.32. The van der Waals surface area contributed by atoms with Crippen molar-refractivity contribution in [2.75, 3.05) is 5.32 Å². The molecule has 0 saturated heterocycles. The van der Waals surface area contributed by atoms with Crippen LogP contribution in [0.1, 0.15) is 16.2 Å². The molecule has 2 heterocycles. The third-order valence-electron chi connectivity index (χ3n) is 5.12. The fourth-order valence-electron chi connectivity index (χ4n) is 3.52. The maximum atomic E-state index is 13.4. The van der Waals surface area contributed by atoms with E-state index in [1.807, 2.05) is 84.9 Å². The lowest BCUT2D eigenvalue weighted by Gasteiger charge is -2.11. The van der Waals surface area contributed by atoms with Gasteiger partial charge in [-0.1, -0.05) is 83.7 Å². The average molecular weight is 465 g/mol. The summed E-state index contributed by atoms with van der Waals surface area (Å²) < 4.78 is 1.69. The summed E-state index contributed by atoms with van der Waals surface area (Å²) in [6.45, 7) is 0. The van der Waals surface area contributed by atoms with Crippen LogP contribution in [0.5, 0.6) is 0 Å². The molecule has 1 amide bonds. The number of nitrogens with zero attached hydrogens (tertiary/aromatic N) is 5. The molecule has 0 radical (unpaired) electrons. The van der Waals surface area contributed by atoms with Crippen LogP contribution in [0.15, 0.2) is 109 Å². The van der Waals surface area contributed by atoms with Gasteiger partial charge in [0.15, 0.2) is 10.9 Å². The van der Waals surface area contributed by atoms with E-state index in [0.717, 1.165) is 16.8 Å². The van der Waals surface area contributed by atoms with E-state index in [-0.39, 0.29) is 11.6 Å². The number of amides is 1. The number of carbonyl (C=O) groups excluding carboxylic acids is 1. The molecule has 5 aromatic rings. The summed E-state index contributed by atoms with van der Waals surface area (Å²) in [4.78, 5) is 21.9. The van der Waals surface area contributed by atoms with Crippen molar-refractivity contribution in [1.29, 1.82) is 0 Å². The largest absolute Gasteiger partial charge is 0.320 e. The van der Waals surface area contributed by atoms with Crippen molar-refractivity contribution in [1.82, 2.24) is 25.0 Å². The summed E-state index contributed by atoms with van der Waals surface area (Å²) >= 11 is 1.42. The van der Waals surface area contributed by atoms with Gasteiger partial charge >= 0.3 is 0 Å². The molecule has 0 aliphatic heterocycles. The smallest absolute Gasteiger partial charge is 0.278 e. The molecule has 0 aliphatic rings. The van der Waals surface area contributed by atoms with Crippen LogP contribution in [-0.2, 0) is 5.75 Å². The van der Waals surface area contributed by atoms with Gasteiger partial charge in [0.1, 0.15) is 0 Å². The van der Waals surface area contributed by atoms with E-state index in [9.17, 15) is 4.79 Å². The van der Waals surface area contributed by atoms with E-state index in [1.165, 1.54) is 11.8 Å². The van der Waals surface area contributed by atoms with Crippen LogP contribution in [0, 0.1) is 0 Å². The molecule has 8 heteroatoms. The minimum Gasteiger partial charge on any atom is -0.320 e. The molecule has 0 atom stereocenters. The molecule has 166 valence electrons. The number of nitrogens with one attached hydrogen (secondary N) is 1. The van der Waals surface area contributed by atoms with Crippen molar-refractivity contribution < 1.29 is 4.79 Å². The van der Waals surface area contributed by atoms with Crippen LogP contribution in [0.25, 0.3) is 16.8 Å². The molecule has 0 saturated carbocycles. The zero-order chi connectivity index (χ0) is 23.2. The van der Waals surface area contributed by atoms with Crippen LogP contribution in [0.4, 0.5) is 5.69 Å². The average Bonchev–Trinajstić information content (AvgIpc) is 3.33. The molecule has 7 nitrogen and oxygen atoms in total. The van der Waals surface area contributed by atoms with Crippen LogP contribution >= 0.6 is 11.8 Å². The zero-order valence-corrected chi connectivity index (χ0v) is 18.9. The van der Waals surface area contributed by atoms with Gasteiger partial charge in [-0.25, -0.2) is 14.6 Å². The minimum absolute atomic E-state index is 0.259. The van der Waals surface area contributed by atoms with Gasteiger partial charge in [0.2, 0.25) is 0 Å². The predicted octanol–water partition coefficient (Wildman–Crippen LogP) is 5.27. The fraction of sp³-hybridized carbons (Fsp3) is 0.0385. The molecule has 0 aliphatic carbocycles.